The summed E-state index contributed by atoms with van der Waals surface area (Å²) in [5.41, 5.74) is 5.36. The molecule has 5 rings (SSSR count). The first-order chi connectivity index (χ1) is 18.2. The van der Waals surface area contributed by atoms with E-state index < -0.39 is 5.60 Å². The van der Waals surface area contributed by atoms with Crippen molar-refractivity contribution in [2.24, 2.45) is 0 Å². The highest BCUT2D eigenvalue weighted by Crippen LogP contribution is 2.32. The van der Waals surface area contributed by atoms with Gasteiger partial charge in [0.1, 0.15) is 5.60 Å². The van der Waals surface area contributed by atoms with Gasteiger partial charge in [-0.05, 0) is 57.0 Å². The number of para-hydroxylation sites is 1. The highest BCUT2D eigenvalue weighted by molar-refractivity contribution is 6.09. The first-order valence-corrected chi connectivity index (χ1v) is 13.1. The van der Waals surface area contributed by atoms with Gasteiger partial charge in [0.15, 0.2) is 0 Å². The van der Waals surface area contributed by atoms with Crippen LogP contribution in [-0.2, 0) is 11.2 Å². The van der Waals surface area contributed by atoms with Gasteiger partial charge in [0, 0.05) is 61.8 Å². The SMILES string of the molecule is Cc1ccccc1Cc1c(C(=O)N2CCN(C(=O)OC(C)(C)C)CC2)c2cnccc2n1-c1ccccc1. The van der Waals surface area contributed by atoms with Crippen molar-refractivity contribution in [1.29, 1.82) is 0 Å². The third kappa shape index (κ3) is 5.14. The van der Waals surface area contributed by atoms with E-state index >= 15 is 0 Å². The minimum atomic E-state index is -0.555. The molecular weight excluding hydrogens is 476 g/mol. The van der Waals surface area contributed by atoms with Crippen LogP contribution in [0, 0.1) is 6.92 Å². The maximum Gasteiger partial charge on any atom is 0.410 e. The molecule has 1 fully saturated rings. The summed E-state index contributed by atoms with van der Waals surface area (Å²) >= 11 is 0. The Hall–Kier alpha value is -4.13. The van der Waals surface area contributed by atoms with Gasteiger partial charge in [-0.3, -0.25) is 9.78 Å². The molecule has 196 valence electrons. The molecule has 0 atom stereocenters. The van der Waals surface area contributed by atoms with E-state index in [1.807, 2.05) is 62.1 Å². The summed E-state index contributed by atoms with van der Waals surface area (Å²) in [6.45, 7) is 9.43. The number of hydrogen-bond acceptors (Lipinski definition) is 4. The van der Waals surface area contributed by atoms with Gasteiger partial charge < -0.3 is 19.1 Å². The summed E-state index contributed by atoms with van der Waals surface area (Å²) in [7, 11) is 0. The molecule has 0 bridgehead atoms. The molecule has 0 N–H and O–H groups in total. The number of rotatable bonds is 4. The highest BCUT2D eigenvalue weighted by atomic mass is 16.6. The van der Waals surface area contributed by atoms with Crippen LogP contribution in [-0.4, -0.2) is 63.1 Å². The predicted octanol–water partition coefficient (Wildman–Crippen LogP) is 5.62. The van der Waals surface area contributed by atoms with Crippen molar-refractivity contribution in [2.45, 2.75) is 39.7 Å². The molecule has 0 radical (unpaired) electrons. The minimum Gasteiger partial charge on any atom is -0.444 e. The summed E-state index contributed by atoms with van der Waals surface area (Å²) in [5, 5.41) is 0.833. The number of carbonyl (C=O) groups is 2. The van der Waals surface area contributed by atoms with Crippen LogP contribution >= 0.6 is 0 Å². The molecule has 38 heavy (non-hydrogen) atoms. The molecule has 0 unspecified atom stereocenters. The molecule has 2 aromatic carbocycles. The van der Waals surface area contributed by atoms with E-state index in [9.17, 15) is 9.59 Å². The lowest BCUT2D eigenvalue weighted by Gasteiger charge is -2.35. The van der Waals surface area contributed by atoms with Gasteiger partial charge in [0.05, 0.1) is 11.1 Å². The van der Waals surface area contributed by atoms with E-state index in [0.717, 1.165) is 22.3 Å². The summed E-state index contributed by atoms with van der Waals surface area (Å²) in [6, 6.07) is 20.4. The quantitative estimate of drug-likeness (QED) is 0.358. The number of hydrogen-bond donors (Lipinski definition) is 0. The van der Waals surface area contributed by atoms with Crippen LogP contribution in [0.1, 0.15) is 48.0 Å². The molecular formula is C31H34N4O3. The third-order valence-corrected chi connectivity index (χ3v) is 6.93. The van der Waals surface area contributed by atoms with Crippen molar-refractivity contribution in [2.75, 3.05) is 26.2 Å². The van der Waals surface area contributed by atoms with Crippen LogP contribution in [0.15, 0.2) is 73.1 Å². The van der Waals surface area contributed by atoms with Crippen molar-refractivity contribution in [3.8, 4) is 5.69 Å². The van der Waals surface area contributed by atoms with Crippen LogP contribution < -0.4 is 0 Å². The highest BCUT2D eigenvalue weighted by Gasteiger charge is 2.32. The second kappa shape index (κ2) is 10.3. The maximum atomic E-state index is 14.2. The van der Waals surface area contributed by atoms with E-state index in [1.165, 1.54) is 11.1 Å². The fourth-order valence-electron chi connectivity index (χ4n) is 5.03. The molecule has 7 heteroatoms. The lowest BCUT2D eigenvalue weighted by molar-refractivity contribution is 0.0141. The van der Waals surface area contributed by atoms with Crippen molar-refractivity contribution in [3.63, 3.8) is 0 Å². The average molecular weight is 511 g/mol. The number of carbonyl (C=O) groups excluding carboxylic acids is 2. The van der Waals surface area contributed by atoms with Crippen LogP contribution in [0.3, 0.4) is 0 Å². The zero-order valence-electron chi connectivity index (χ0n) is 22.5. The van der Waals surface area contributed by atoms with Crippen molar-refractivity contribution < 1.29 is 14.3 Å². The third-order valence-electron chi connectivity index (χ3n) is 6.93. The second-order valence-corrected chi connectivity index (χ2v) is 10.7. The van der Waals surface area contributed by atoms with Gasteiger partial charge in [-0.15, -0.1) is 0 Å². The summed E-state index contributed by atoms with van der Waals surface area (Å²) in [4.78, 5) is 34.7. The summed E-state index contributed by atoms with van der Waals surface area (Å²) in [5.74, 6) is -0.0369. The Morgan fingerprint density at radius 2 is 1.55 bits per heavy atom. The van der Waals surface area contributed by atoms with Gasteiger partial charge in [-0.25, -0.2) is 4.79 Å². The van der Waals surface area contributed by atoms with E-state index in [4.69, 9.17) is 4.74 Å². The van der Waals surface area contributed by atoms with E-state index in [0.29, 0.717) is 38.2 Å². The first-order valence-electron chi connectivity index (χ1n) is 13.1. The molecule has 2 amide bonds. The molecule has 1 aliphatic rings. The number of pyridine rings is 1. The second-order valence-electron chi connectivity index (χ2n) is 10.7. The van der Waals surface area contributed by atoms with Crippen LogP contribution in [0.25, 0.3) is 16.6 Å². The lowest BCUT2D eigenvalue weighted by atomic mass is 10.0. The Kier molecular flexibility index (Phi) is 6.93. The normalized spacial score (nSPS) is 14.1. The Balaban J connectivity index is 1.54. The van der Waals surface area contributed by atoms with E-state index in [1.54, 1.807) is 17.3 Å². The Morgan fingerprint density at radius 3 is 2.24 bits per heavy atom. The molecule has 0 spiro atoms. The van der Waals surface area contributed by atoms with E-state index in [2.05, 4.69) is 40.7 Å². The minimum absolute atomic E-state index is 0.0369. The number of nitrogens with zero attached hydrogens (tertiary/aromatic N) is 4. The lowest BCUT2D eigenvalue weighted by Crippen LogP contribution is -2.51. The van der Waals surface area contributed by atoms with Gasteiger partial charge in [0.25, 0.3) is 5.91 Å². The van der Waals surface area contributed by atoms with Gasteiger partial charge in [-0.2, -0.15) is 0 Å². The monoisotopic (exact) mass is 510 g/mol. The zero-order valence-corrected chi connectivity index (χ0v) is 22.5. The fourth-order valence-corrected chi connectivity index (χ4v) is 5.03. The van der Waals surface area contributed by atoms with Crippen LogP contribution in [0.2, 0.25) is 0 Å². The molecule has 3 heterocycles. The average Bonchev–Trinajstić information content (AvgIpc) is 3.23. The molecule has 0 aliphatic carbocycles. The van der Waals surface area contributed by atoms with E-state index in [-0.39, 0.29) is 12.0 Å². The number of ether oxygens (including phenoxy) is 1. The molecule has 1 saturated heterocycles. The van der Waals surface area contributed by atoms with Gasteiger partial charge in [-0.1, -0.05) is 42.5 Å². The molecule has 1 aliphatic heterocycles. The van der Waals surface area contributed by atoms with Gasteiger partial charge >= 0.3 is 6.09 Å². The number of aryl methyl sites for hydroxylation is 1. The number of benzene rings is 2. The molecule has 2 aromatic heterocycles. The standard InChI is InChI=1S/C31H34N4O3/c1-22-10-8-9-11-23(22)20-27-28(25-21-32-15-14-26(25)35(27)24-12-6-5-7-13-24)29(36)33-16-18-34(19-17-33)30(37)38-31(2,3)4/h5-15,21H,16-20H2,1-4H3. The first kappa shape index (κ1) is 25.5. The van der Waals surface area contributed by atoms with Crippen LogP contribution in [0.5, 0.6) is 0 Å². The number of amides is 2. The largest absolute Gasteiger partial charge is 0.444 e. The number of fused-ring (bicyclic) bond motifs is 1. The smallest absolute Gasteiger partial charge is 0.410 e. The Morgan fingerprint density at radius 1 is 0.895 bits per heavy atom. The molecule has 7 nitrogen and oxygen atoms in total. The van der Waals surface area contributed by atoms with Crippen molar-refractivity contribution in [3.05, 3.63) is 95.4 Å². The Labute approximate surface area is 223 Å². The van der Waals surface area contributed by atoms with Crippen molar-refractivity contribution in [1.82, 2.24) is 19.4 Å². The summed E-state index contributed by atoms with van der Waals surface area (Å²) in [6.07, 6.45) is 3.83. The van der Waals surface area contributed by atoms with Gasteiger partial charge in [0.2, 0.25) is 0 Å². The molecule has 4 aromatic rings. The molecule has 0 saturated carbocycles. The summed E-state index contributed by atoms with van der Waals surface area (Å²) < 4.78 is 7.72. The number of aromatic nitrogens is 2. The Bertz CT molecular complexity index is 1460. The maximum absolute atomic E-state index is 14.2. The fraction of sp³-hybridized carbons (Fsp3) is 0.323. The topological polar surface area (TPSA) is 67.7 Å². The van der Waals surface area contributed by atoms with Crippen molar-refractivity contribution >= 4 is 22.9 Å². The zero-order chi connectivity index (χ0) is 26.9. The van der Waals surface area contributed by atoms with Crippen LogP contribution in [0.4, 0.5) is 4.79 Å². The number of piperazine rings is 1. The predicted molar refractivity (Wildman–Crippen MR) is 149 cm³/mol.